The number of nitrogens with one attached hydrogen (secondary N) is 2. The lowest BCUT2D eigenvalue weighted by Gasteiger charge is -1.99. The second kappa shape index (κ2) is 6.97. The monoisotopic (exact) mass is 393 g/mol. The van der Waals surface area contributed by atoms with Gasteiger partial charge in [0.25, 0.3) is 0 Å². The molecule has 2 N–H and O–H groups in total. The van der Waals surface area contributed by atoms with Crippen molar-refractivity contribution in [3.8, 4) is 11.4 Å². The highest BCUT2D eigenvalue weighted by Gasteiger charge is 2.11. The Bertz CT molecular complexity index is 832. The number of hydrogen-bond donors (Lipinski definition) is 2. The van der Waals surface area contributed by atoms with Crippen molar-refractivity contribution in [2.75, 3.05) is 11.1 Å². The molecule has 1 aromatic carbocycles. The summed E-state index contributed by atoms with van der Waals surface area (Å²) in [5.41, 5.74) is 0.911. The third-order valence-electron chi connectivity index (χ3n) is 2.82. The van der Waals surface area contributed by atoms with Gasteiger partial charge < -0.3 is 9.84 Å². The first-order chi connectivity index (χ1) is 11.1. The minimum absolute atomic E-state index is 0.180. The molecule has 7 nitrogen and oxygen atoms in total. The zero-order valence-corrected chi connectivity index (χ0v) is 14.4. The topological polar surface area (TPSA) is 96.7 Å². The summed E-state index contributed by atoms with van der Waals surface area (Å²) >= 11 is 4.71. The number of amides is 1. The first-order valence-corrected chi connectivity index (χ1v) is 8.43. The van der Waals surface area contributed by atoms with Gasteiger partial charge in [0.1, 0.15) is 5.76 Å². The van der Waals surface area contributed by atoms with E-state index in [9.17, 15) is 4.79 Å². The number of rotatable bonds is 5. The highest BCUT2D eigenvalue weighted by molar-refractivity contribution is 9.10. The van der Waals surface area contributed by atoms with Crippen LogP contribution in [0.25, 0.3) is 11.4 Å². The van der Waals surface area contributed by atoms with Gasteiger partial charge in [0.2, 0.25) is 11.1 Å². The average molecular weight is 394 g/mol. The number of aryl methyl sites for hydroxylation is 1. The molecule has 2 aromatic heterocycles. The standard InChI is InChI=1S/C14H12BrN5O2S/c1-8-6-11(20-22-8)16-12(21)7-23-14-17-13(18-19-14)9-4-2-3-5-10(9)15/h2-6H,7H2,1H3,(H,16,20,21)(H,17,18,19). The maximum Gasteiger partial charge on any atom is 0.236 e. The van der Waals surface area contributed by atoms with Crippen molar-refractivity contribution >= 4 is 39.4 Å². The van der Waals surface area contributed by atoms with Crippen LogP contribution in [0.2, 0.25) is 0 Å². The van der Waals surface area contributed by atoms with E-state index in [1.54, 1.807) is 13.0 Å². The number of halogens is 1. The number of benzene rings is 1. The molecule has 118 valence electrons. The number of nitrogens with zero attached hydrogens (tertiary/aromatic N) is 3. The number of carbonyl (C=O) groups is 1. The van der Waals surface area contributed by atoms with Crippen LogP contribution < -0.4 is 5.32 Å². The van der Waals surface area contributed by atoms with Gasteiger partial charge in [-0.25, -0.2) is 4.98 Å². The predicted octanol–water partition coefficient (Wildman–Crippen LogP) is 3.26. The number of hydrogen-bond acceptors (Lipinski definition) is 6. The van der Waals surface area contributed by atoms with Gasteiger partial charge in [0.15, 0.2) is 11.6 Å². The Morgan fingerprint density at radius 2 is 2.26 bits per heavy atom. The van der Waals surface area contributed by atoms with Crippen molar-refractivity contribution < 1.29 is 9.32 Å². The highest BCUT2D eigenvalue weighted by atomic mass is 79.9. The van der Waals surface area contributed by atoms with E-state index in [0.29, 0.717) is 22.6 Å². The number of aromatic amines is 1. The van der Waals surface area contributed by atoms with Crippen molar-refractivity contribution in [1.29, 1.82) is 0 Å². The second-order valence-corrected chi connectivity index (χ2v) is 6.40. The minimum Gasteiger partial charge on any atom is -0.360 e. The minimum atomic E-state index is -0.199. The molecule has 0 aliphatic carbocycles. The summed E-state index contributed by atoms with van der Waals surface area (Å²) in [4.78, 5) is 16.2. The van der Waals surface area contributed by atoms with Gasteiger partial charge in [0, 0.05) is 16.1 Å². The Kier molecular flexibility index (Phi) is 4.77. The van der Waals surface area contributed by atoms with Crippen LogP contribution in [0.4, 0.5) is 5.82 Å². The van der Waals surface area contributed by atoms with Crippen LogP contribution in [0, 0.1) is 6.92 Å². The van der Waals surface area contributed by atoms with E-state index in [2.05, 4.69) is 41.6 Å². The summed E-state index contributed by atoms with van der Waals surface area (Å²) in [6.07, 6.45) is 0. The first kappa shape index (κ1) is 15.8. The lowest BCUT2D eigenvalue weighted by atomic mass is 10.2. The van der Waals surface area contributed by atoms with Crippen LogP contribution in [-0.2, 0) is 4.79 Å². The summed E-state index contributed by atoms with van der Waals surface area (Å²) in [7, 11) is 0. The maximum atomic E-state index is 11.8. The van der Waals surface area contributed by atoms with Crippen molar-refractivity contribution in [2.24, 2.45) is 0 Å². The smallest absolute Gasteiger partial charge is 0.236 e. The molecule has 2 heterocycles. The Morgan fingerprint density at radius 3 is 3.00 bits per heavy atom. The molecule has 1 amide bonds. The molecule has 0 unspecified atom stereocenters. The fraction of sp³-hybridized carbons (Fsp3) is 0.143. The largest absolute Gasteiger partial charge is 0.360 e. The van der Waals surface area contributed by atoms with Gasteiger partial charge in [-0.1, -0.05) is 51.0 Å². The third kappa shape index (κ3) is 3.99. The fourth-order valence-corrected chi connectivity index (χ4v) is 2.89. The molecule has 0 aliphatic heterocycles. The molecule has 0 atom stereocenters. The zero-order chi connectivity index (χ0) is 16.2. The first-order valence-electron chi connectivity index (χ1n) is 6.65. The van der Waals surface area contributed by atoms with Crippen LogP contribution >= 0.6 is 27.7 Å². The predicted molar refractivity (Wildman–Crippen MR) is 90.1 cm³/mol. The van der Waals surface area contributed by atoms with E-state index >= 15 is 0 Å². The van der Waals surface area contributed by atoms with E-state index in [1.165, 1.54) is 11.8 Å². The van der Waals surface area contributed by atoms with Crippen molar-refractivity contribution in [3.63, 3.8) is 0 Å². The SMILES string of the molecule is Cc1cc(NC(=O)CSc2n[nH]c(-c3ccccc3Br)n2)no1. The lowest BCUT2D eigenvalue weighted by molar-refractivity contribution is -0.113. The Balaban J connectivity index is 1.59. The molecule has 0 bridgehead atoms. The number of thioether (sulfide) groups is 1. The Morgan fingerprint density at radius 1 is 1.43 bits per heavy atom. The molecule has 3 aromatic rings. The Hall–Kier alpha value is -2.13. The zero-order valence-electron chi connectivity index (χ0n) is 12.0. The van der Waals surface area contributed by atoms with Gasteiger partial charge in [-0.3, -0.25) is 9.89 Å². The number of anilines is 1. The molecule has 0 aliphatic rings. The normalized spacial score (nSPS) is 10.7. The molecule has 0 saturated heterocycles. The van der Waals surface area contributed by atoms with Gasteiger partial charge in [-0.15, -0.1) is 5.10 Å². The Labute approximate surface area is 144 Å². The van der Waals surface area contributed by atoms with E-state index in [-0.39, 0.29) is 11.7 Å². The van der Waals surface area contributed by atoms with E-state index in [1.807, 2.05) is 24.3 Å². The van der Waals surface area contributed by atoms with Crippen LogP contribution in [-0.4, -0.2) is 32.0 Å². The van der Waals surface area contributed by atoms with Crippen molar-refractivity contribution in [2.45, 2.75) is 12.1 Å². The number of aromatic nitrogens is 4. The van der Waals surface area contributed by atoms with Gasteiger partial charge >= 0.3 is 0 Å². The van der Waals surface area contributed by atoms with E-state index in [0.717, 1.165) is 10.0 Å². The van der Waals surface area contributed by atoms with Crippen molar-refractivity contribution in [1.82, 2.24) is 20.3 Å². The summed E-state index contributed by atoms with van der Waals surface area (Å²) in [5.74, 6) is 1.67. The van der Waals surface area contributed by atoms with Gasteiger partial charge in [0.05, 0.1) is 5.75 Å². The molecule has 23 heavy (non-hydrogen) atoms. The molecule has 3 rings (SSSR count). The third-order valence-corrected chi connectivity index (χ3v) is 4.36. The second-order valence-electron chi connectivity index (χ2n) is 4.61. The van der Waals surface area contributed by atoms with Crippen LogP contribution in [0.15, 0.2) is 44.5 Å². The summed E-state index contributed by atoms with van der Waals surface area (Å²) < 4.78 is 5.81. The van der Waals surface area contributed by atoms with Crippen molar-refractivity contribution in [3.05, 3.63) is 40.6 Å². The number of carbonyl (C=O) groups excluding carboxylic acids is 1. The number of H-pyrrole nitrogens is 1. The van der Waals surface area contributed by atoms with E-state index in [4.69, 9.17) is 4.52 Å². The van der Waals surface area contributed by atoms with Crippen LogP contribution in [0.5, 0.6) is 0 Å². The van der Waals surface area contributed by atoms with Crippen LogP contribution in [0.3, 0.4) is 0 Å². The summed E-state index contributed by atoms with van der Waals surface area (Å²) in [6, 6.07) is 9.36. The maximum absolute atomic E-state index is 11.8. The molecular weight excluding hydrogens is 382 g/mol. The lowest BCUT2D eigenvalue weighted by Crippen LogP contribution is -2.14. The van der Waals surface area contributed by atoms with Crippen LogP contribution in [0.1, 0.15) is 5.76 Å². The molecule has 0 saturated carbocycles. The molecule has 0 spiro atoms. The molecule has 0 radical (unpaired) electrons. The highest BCUT2D eigenvalue weighted by Crippen LogP contribution is 2.26. The van der Waals surface area contributed by atoms with Gasteiger partial charge in [-0.05, 0) is 13.0 Å². The van der Waals surface area contributed by atoms with E-state index < -0.39 is 0 Å². The summed E-state index contributed by atoms with van der Waals surface area (Å²) in [6.45, 7) is 1.76. The molecule has 0 fully saturated rings. The average Bonchev–Trinajstić information content (AvgIpc) is 3.15. The van der Waals surface area contributed by atoms with Gasteiger partial charge in [-0.2, -0.15) is 0 Å². The summed E-state index contributed by atoms with van der Waals surface area (Å²) in [5, 5.41) is 13.8. The molecular formula is C14H12BrN5O2S. The molecule has 9 heteroatoms. The fourth-order valence-electron chi connectivity index (χ4n) is 1.82. The quantitative estimate of drug-likeness (QED) is 0.645.